The molecule has 2 aromatic rings. The summed E-state index contributed by atoms with van der Waals surface area (Å²) >= 11 is 0. The lowest BCUT2D eigenvalue weighted by Crippen LogP contribution is -2.54. The molecule has 0 spiro atoms. The van der Waals surface area contributed by atoms with Crippen molar-refractivity contribution in [3.8, 4) is 0 Å². The molecule has 1 aliphatic heterocycles. The fourth-order valence-electron chi connectivity index (χ4n) is 2.91. The highest BCUT2D eigenvalue weighted by Gasteiger charge is 2.32. The zero-order chi connectivity index (χ0) is 19.8. The molecule has 146 valence electrons. The molecule has 0 saturated carbocycles. The Labute approximate surface area is 155 Å². The summed E-state index contributed by atoms with van der Waals surface area (Å²) in [5.74, 6) is -0.630. The van der Waals surface area contributed by atoms with Gasteiger partial charge in [0.25, 0.3) is 0 Å². The molecule has 3 rings (SSSR count). The van der Waals surface area contributed by atoms with Crippen molar-refractivity contribution in [1.82, 2.24) is 19.9 Å². The molecule has 1 fully saturated rings. The fraction of sp³-hybridized carbons (Fsp3) is 0.529. The van der Waals surface area contributed by atoms with E-state index in [9.17, 15) is 19.1 Å². The summed E-state index contributed by atoms with van der Waals surface area (Å²) in [5, 5.41) is 15.7. The van der Waals surface area contributed by atoms with Crippen molar-refractivity contribution in [2.75, 3.05) is 18.0 Å². The van der Waals surface area contributed by atoms with Gasteiger partial charge in [0.05, 0.1) is 12.2 Å². The maximum Gasteiger partial charge on any atom is 0.408 e. The van der Waals surface area contributed by atoms with Gasteiger partial charge >= 0.3 is 12.1 Å². The first-order valence-corrected chi connectivity index (χ1v) is 8.60. The summed E-state index contributed by atoms with van der Waals surface area (Å²) in [7, 11) is 0. The van der Waals surface area contributed by atoms with Crippen molar-refractivity contribution in [2.24, 2.45) is 0 Å². The van der Waals surface area contributed by atoms with Gasteiger partial charge in [-0.25, -0.2) is 23.5 Å². The van der Waals surface area contributed by atoms with Crippen LogP contribution in [0.1, 0.15) is 37.6 Å². The van der Waals surface area contributed by atoms with Crippen molar-refractivity contribution >= 4 is 23.5 Å². The van der Waals surface area contributed by atoms with Crippen LogP contribution in [0, 0.1) is 0 Å². The second kappa shape index (κ2) is 7.01. The number of rotatable bonds is 3. The Morgan fingerprint density at radius 3 is 2.81 bits per heavy atom. The van der Waals surface area contributed by atoms with Gasteiger partial charge in [-0.1, -0.05) is 0 Å². The van der Waals surface area contributed by atoms with E-state index in [4.69, 9.17) is 4.74 Å². The first-order valence-electron chi connectivity index (χ1n) is 8.60. The molecule has 2 aromatic heterocycles. The van der Waals surface area contributed by atoms with Crippen LogP contribution in [0.25, 0.3) is 5.65 Å². The molecule has 1 amide bonds. The topological polar surface area (TPSA) is 109 Å². The summed E-state index contributed by atoms with van der Waals surface area (Å²) in [4.78, 5) is 29.4. The summed E-state index contributed by atoms with van der Waals surface area (Å²) in [6, 6.07) is 0.921. The Bertz CT molecular complexity index is 863. The van der Waals surface area contributed by atoms with Crippen LogP contribution in [0.3, 0.4) is 0 Å². The van der Waals surface area contributed by atoms with E-state index in [0.717, 1.165) is 0 Å². The normalized spacial score (nSPS) is 20.5. The number of nitrogens with one attached hydrogen (secondary N) is 1. The quantitative estimate of drug-likeness (QED) is 0.838. The number of nitrogens with zero attached hydrogens (tertiary/aromatic N) is 4. The molecule has 1 aliphatic rings. The molecule has 27 heavy (non-hydrogen) atoms. The number of alkyl carbamates (subject to hydrolysis) is 1. The highest BCUT2D eigenvalue weighted by molar-refractivity contribution is 5.94. The number of halogens is 1. The van der Waals surface area contributed by atoms with Gasteiger partial charge in [-0.15, -0.1) is 0 Å². The molecule has 0 unspecified atom stereocenters. The van der Waals surface area contributed by atoms with Crippen LogP contribution < -0.4 is 10.2 Å². The molecule has 0 radical (unpaired) electrons. The van der Waals surface area contributed by atoms with Crippen molar-refractivity contribution in [2.45, 2.75) is 45.0 Å². The Morgan fingerprint density at radius 2 is 2.15 bits per heavy atom. The Hall–Kier alpha value is -2.91. The number of hydrogen-bond donors (Lipinski definition) is 2. The molecule has 2 atom stereocenters. The second-order valence-electron chi connectivity index (χ2n) is 7.42. The first kappa shape index (κ1) is 18.9. The van der Waals surface area contributed by atoms with Crippen LogP contribution in [0.15, 0.2) is 18.5 Å². The van der Waals surface area contributed by atoms with Crippen molar-refractivity contribution in [3.05, 3.63) is 24.0 Å². The minimum Gasteiger partial charge on any atom is -0.477 e. The van der Waals surface area contributed by atoms with Crippen LogP contribution in [-0.4, -0.2) is 62.7 Å². The number of carbonyl (C=O) groups is 2. The molecule has 9 nitrogen and oxygen atoms in total. The first-order chi connectivity index (χ1) is 12.6. The van der Waals surface area contributed by atoms with Crippen LogP contribution in [0.2, 0.25) is 0 Å². The fourth-order valence-corrected chi connectivity index (χ4v) is 2.91. The maximum absolute atomic E-state index is 14.3. The number of alkyl halides is 1. The number of carboxylic acids is 1. The average molecular weight is 379 g/mol. The van der Waals surface area contributed by atoms with E-state index in [0.29, 0.717) is 12.4 Å². The van der Waals surface area contributed by atoms with E-state index >= 15 is 0 Å². The lowest BCUT2D eigenvalue weighted by atomic mass is 10.0. The van der Waals surface area contributed by atoms with Gasteiger partial charge in [0.15, 0.2) is 5.65 Å². The minimum absolute atomic E-state index is 0.0133. The minimum atomic E-state index is -1.21. The lowest BCUT2D eigenvalue weighted by Gasteiger charge is -2.36. The number of fused-ring (bicyclic) bond motifs is 1. The monoisotopic (exact) mass is 379 g/mol. The molecule has 0 bridgehead atoms. The number of aromatic nitrogens is 3. The van der Waals surface area contributed by atoms with E-state index in [1.54, 1.807) is 37.9 Å². The number of carboxylic acid groups (broad SMARTS) is 1. The second-order valence-corrected chi connectivity index (χ2v) is 7.42. The Morgan fingerprint density at radius 1 is 1.41 bits per heavy atom. The number of hydrogen-bond acceptors (Lipinski definition) is 6. The number of anilines is 1. The predicted octanol–water partition coefficient (Wildman–Crippen LogP) is 1.87. The van der Waals surface area contributed by atoms with E-state index in [-0.39, 0.29) is 24.2 Å². The molecule has 0 aromatic carbocycles. The van der Waals surface area contributed by atoms with Crippen LogP contribution in [0.4, 0.5) is 15.0 Å². The summed E-state index contributed by atoms with van der Waals surface area (Å²) in [5.41, 5.74) is -0.480. The van der Waals surface area contributed by atoms with E-state index in [1.165, 1.54) is 10.7 Å². The molecule has 10 heteroatoms. The zero-order valence-electron chi connectivity index (χ0n) is 15.3. The lowest BCUT2D eigenvalue weighted by molar-refractivity contribution is 0.0465. The third kappa shape index (κ3) is 4.26. The summed E-state index contributed by atoms with van der Waals surface area (Å²) in [6.45, 7) is 5.79. The largest absolute Gasteiger partial charge is 0.477 e. The van der Waals surface area contributed by atoms with Crippen molar-refractivity contribution in [3.63, 3.8) is 0 Å². The third-order valence-corrected chi connectivity index (χ3v) is 4.14. The number of piperidine rings is 1. The number of carbonyl (C=O) groups excluding carboxylic acids is 1. The molecule has 3 heterocycles. The number of ether oxygens (including phenoxy) is 1. The van der Waals surface area contributed by atoms with E-state index < -0.39 is 29.9 Å². The number of aromatic carboxylic acids is 1. The average Bonchev–Trinajstić information content (AvgIpc) is 2.98. The van der Waals surface area contributed by atoms with Gasteiger partial charge < -0.3 is 20.1 Å². The van der Waals surface area contributed by atoms with Crippen LogP contribution >= 0.6 is 0 Å². The maximum atomic E-state index is 14.3. The highest BCUT2D eigenvalue weighted by atomic mass is 19.1. The predicted molar refractivity (Wildman–Crippen MR) is 94.8 cm³/mol. The standard InChI is InChI=1S/C17H22FN5O4/c1-17(2,3)27-16(26)20-12-9-22(6-4-11(12)18)13-5-7-23-14(21-13)10(8-19-23)15(24)25/h5,7-8,11-12H,4,6,9H2,1-3H3,(H,20,26)(H,24,25)/t11-,12-/m0/s1. The Kier molecular flexibility index (Phi) is 4.90. The summed E-state index contributed by atoms with van der Waals surface area (Å²) < 4.78 is 20.9. The van der Waals surface area contributed by atoms with Crippen LogP contribution in [-0.2, 0) is 4.74 Å². The molecule has 1 saturated heterocycles. The molecular weight excluding hydrogens is 357 g/mol. The van der Waals surface area contributed by atoms with Gasteiger partial charge in [-0.2, -0.15) is 5.10 Å². The van der Waals surface area contributed by atoms with Gasteiger partial charge in [-0.3, -0.25) is 0 Å². The highest BCUT2D eigenvalue weighted by Crippen LogP contribution is 2.22. The zero-order valence-corrected chi connectivity index (χ0v) is 15.3. The van der Waals surface area contributed by atoms with Gasteiger partial charge in [-0.05, 0) is 33.3 Å². The van der Waals surface area contributed by atoms with E-state index in [1.807, 2.05) is 0 Å². The van der Waals surface area contributed by atoms with Crippen molar-refractivity contribution in [1.29, 1.82) is 0 Å². The smallest absolute Gasteiger partial charge is 0.408 e. The van der Waals surface area contributed by atoms with Gasteiger partial charge in [0, 0.05) is 19.3 Å². The van der Waals surface area contributed by atoms with E-state index in [2.05, 4.69) is 15.4 Å². The van der Waals surface area contributed by atoms with Gasteiger partial charge in [0.1, 0.15) is 23.2 Å². The summed E-state index contributed by atoms with van der Waals surface area (Å²) in [6.07, 6.45) is 1.15. The van der Waals surface area contributed by atoms with Crippen LogP contribution in [0.5, 0.6) is 0 Å². The number of amides is 1. The third-order valence-electron chi connectivity index (χ3n) is 4.14. The molecule has 0 aliphatic carbocycles. The van der Waals surface area contributed by atoms with Crippen molar-refractivity contribution < 1.29 is 23.8 Å². The van der Waals surface area contributed by atoms with Gasteiger partial charge in [0.2, 0.25) is 0 Å². The Balaban J connectivity index is 1.77. The SMILES string of the molecule is CC(C)(C)OC(=O)N[C@H]1CN(c2ccn3ncc(C(=O)O)c3n2)CC[C@@H]1F. The molecular formula is C17H22FN5O4. The molecule has 2 N–H and O–H groups in total.